The zero-order valence-electron chi connectivity index (χ0n) is 18.8. The van der Waals surface area contributed by atoms with Crippen LogP contribution in [-0.4, -0.2) is 30.1 Å². The van der Waals surface area contributed by atoms with Crippen LogP contribution in [0.3, 0.4) is 0 Å². The largest absolute Gasteiger partial charge is 0.491 e. The van der Waals surface area contributed by atoms with Gasteiger partial charge in [0.15, 0.2) is 0 Å². The van der Waals surface area contributed by atoms with E-state index in [2.05, 4.69) is 10.6 Å². The average Bonchev–Trinajstić information content (AvgIpc) is 3.19. The summed E-state index contributed by atoms with van der Waals surface area (Å²) >= 11 is 0. The van der Waals surface area contributed by atoms with Gasteiger partial charge < -0.3 is 24.9 Å². The summed E-state index contributed by atoms with van der Waals surface area (Å²) in [4.78, 5) is 23.5. The van der Waals surface area contributed by atoms with Crippen LogP contribution in [0.2, 0.25) is 0 Å². The molecule has 4 aromatic rings. The van der Waals surface area contributed by atoms with Crippen molar-refractivity contribution in [2.24, 2.45) is 0 Å². The SMILES string of the molecule is Cc1c(C(COc2ccccc2)Nc2ccccc2C(=O)NCCC(=O)O)oc2ccccc12. The van der Waals surface area contributed by atoms with E-state index in [4.69, 9.17) is 14.3 Å². The first-order valence-corrected chi connectivity index (χ1v) is 11.0. The molecule has 1 atom stereocenters. The lowest BCUT2D eigenvalue weighted by atomic mass is 10.1. The van der Waals surface area contributed by atoms with Crippen molar-refractivity contribution in [3.63, 3.8) is 0 Å². The Balaban J connectivity index is 1.63. The van der Waals surface area contributed by atoms with Crippen LogP contribution in [0.5, 0.6) is 5.75 Å². The number of carbonyl (C=O) groups excluding carboxylic acids is 1. The summed E-state index contributed by atoms with van der Waals surface area (Å²) in [6.45, 7) is 2.31. The second kappa shape index (κ2) is 10.6. The number of anilines is 1. The molecule has 0 saturated carbocycles. The Hall–Kier alpha value is -4.26. The monoisotopic (exact) mass is 458 g/mol. The molecule has 1 unspecified atom stereocenters. The lowest BCUT2D eigenvalue weighted by Gasteiger charge is -2.21. The molecule has 174 valence electrons. The van der Waals surface area contributed by atoms with Crippen LogP contribution in [0.1, 0.15) is 34.1 Å². The summed E-state index contributed by atoms with van der Waals surface area (Å²) in [5.74, 6) is 0.125. The minimum Gasteiger partial charge on any atom is -0.491 e. The van der Waals surface area contributed by atoms with Gasteiger partial charge in [0.25, 0.3) is 5.91 Å². The predicted octanol–water partition coefficient (Wildman–Crippen LogP) is 5.18. The molecular formula is C27H26N2O5. The van der Waals surface area contributed by atoms with Crippen LogP contribution < -0.4 is 15.4 Å². The predicted molar refractivity (Wildman–Crippen MR) is 130 cm³/mol. The number of fused-ring (bicyclic) bond motifs is 1. The topological polar surface area (TPSA) is 101 Å². The number of benzene rings is 3. The van der Waals surface area contributed by atoms with Crippen molar-refractivity contribution in [2.75, 3.05) is 18.5 Å². The first-order chi connectivity index (χ1) is 16.5. The van der Waals surface area contributed by atoms with E-state index < -0.39 is 5.97 Å². The fourth-order valence-corrected chi connectivity index (χ4v) is 3.78. The molecule has 0 spiro atoms. The number of para-hydroxylation sites is 3. The minimum atomic E-state index is -0.967. The second-order valence-electron chi connectivity index (χ2n) is 7.85. The number of carbonyl (C=O) groups is 2. The quantitative estimate of drug-likeness (QED) is 0.303. The fraction of sp³-hybridized carbons (Fsp3) is 0.185. The lowest BCUT2D eigenvalue weighted by Crippen LogP contribution is -2.27. The van der Waals surface area contributed by atoms with Crippen molar-refractivity contribution in [2.45, 2.75) is 19.4 Å². The molecular weight excluding hydrogens is 432 g/mol. The molecule has 7 nitrogen and oxygen atoms in total. The maximum absolute atomic E-state index is 12.8. The molecule has 3 N–H and O–H groups in total. The number of rotatable bonds is 10. The molecule has 1 heterocycles. The number of hydrogen-bond acceptors (Lipinski definition) is 5. The summed E-state index contributed by atoms with van der Waals surface area (Å²) in [7, 11) is 0. The van der Waals surface area contributed by atoms with E-state index >= 15 is 0 Å². The number of furan rings is 1. The molecule has 3 aromatic carbocycles. The van der Waals surface area contributed by atoms with Crippen molar-refractivity contribution >= 4 is 28.5 Å². The Morgan fingerprint density at radius 2 is 1.68 bits per heavy atom. The molecule has 0 radical (unpaired) electrons. The summed E-state index contributed by atoms with van der Waals surface area (Å²) in [6.07, 6.45) is -0.146. The van der Waals surface area contributed by atoms with Crippen LogP contribution in [0.15, 0.2) is 83.3 Å². The maximum atomic E-state index is 12.8. The molecule has 4 rings (SSSR count). The van der Waals surface area contributed by atoms with Gasteiger partial charge in [-0.05, 0) is 37.3 Å². The molecule has 0 aliphatic heterocycles. The molecule has 1 amide bonds. The summed E-state index contributed by atoms with van der Waals surface area (Å²) in [5, 5.41) is 15.9. The van der Waals surface area contributed by atoms with E-state index in [0.29, 0.717) is 11.3 Å². The van der Waals surface area contributed by atoms with Crippen LogP contribution in [0.4, 0.5) is 5.69 Å². The average molecular weight is 459 g/mol. The van der Waals surface area contributed by atoms with Gasteiger partial charge in [-0.25, -0.2) is 0 Å². The Morgan fingerprint density at radius 3 is 2.44 bits per heavy atom. The lowest BCUT2D eigenvalue weighted by molar-refractivity contribution is -0.136. The number of carboxylic acid groups (broad SMARTS) is 1. The number of aliphatic carboxylic acids is 1. The molecule has 34 heavy (non-hydrogen) atoms. The number of carboxylic acids is 1. The third-order valence-electron chi connectivity index (χ3n) is 5.48. The molecule has 0 aliphatic rings. The summed E-state index contributed by atoms with van der Waals surface area (Å²) in [5.41, 5.74) is 2.78. The Kier molecular flexibility index (Phi) is 7.13. The van der Waals surface area contributed by atoms with Crippen LogP contribution >= 0.6 is 0 Å². The van der Waals surface area contributed by atoms with E-state index in [-0.39, 0.29) is 31.5 Å². The number of aryl methyl sites for hydroxylation is 1. The zero-order chi connectivity index (χ0) is 23.9. The molecule has 1 aromatic heterocycles. The van der Waals surface area contributed by atoms with Gasteiger partial charge in [0, 0.05) is 23.2 Å². The number of ether oxygens (including phenoxy) is 1. The zero-order valence-corrected chi connectivity index (χ0v) is 18.8. The van der Waals surface area contributed by atoms with Gasteiger partial charge in [-0.15, -0.1) is 0 Å². The van der Waals surface area contributed by atoms with Crippen molar-refractivity contribution < 1.29 is 23.8 Å². The van der Waals surface area contributed by atoms with E-state index in [0.717, 1.165) is 28.0 Å². The minimum absolute atomic E-state index is 0.0474. The number of nitrogens with one attached hydrogen (secondary N) is 2. The first kappa shape index (κ1) is 22.9. The van der Waals surface area contributed by atoms with Gasteiger partial charge in [-0.3, -0.25) is 9.59 Å². The highest BCUT2D eigenvalue weighted by Gasteiger charge is 2.23. The third-order valence-corrected chi connectivity index (χ3v) is 5.48. The smallest absolute Gasteiger partial charge is 0.305 e. The Bertz CT molecular complexity index is 1280. The van der Waals surface area contributed by atoms with Crippen molar-refractivity contribution in [1.82, 2.24) is 5.32 Å². The van der Waals surface area contributed by atoms with Gasteiger partial charge in [-0.2, -0.15) is 0 Å². The normalized spacial score (nSPS) is 11.7. The van der Waals surface area contributed by atoms with E-state index in [1.165, 1.54) is 0 Å². The Morgan fingerprint density at radius 1 is 0.971 bits per heavy atom. The molecule has 0 fully saturated rings. The van der Waals surface area contributed by atoms with E-state index in [1.54, 1.807) is 18.2 Å². The standard InChI is InChI=1S/C27H26N2O5/c1-18-20-11-6-8-14-24(20)34-26(18)23(17-33-19-9-3-2-4-10-19)29-22-13-7-5-12-21(22)27(32)28-16-15-25(30)31/h2-14,23,29H,15-17H2,1H3,(H,28,32)(H,30,31). The van der Waals surface area contributed by atoms with Gasteiger partial charge >= 0.3 is 5.97 Å². The molecule has 0 saturated heterocycles. The fourth-order valence-electron chi connectivity index (χ4n) is 3.78. The highest BCUT2D eigenvalue weighted by Crippen LogP contribution is 2.32. The Labute approximate surface area is 197 Å². The molecule has 0 aliphatic carbocycles. The van der Waals surface area contributed by atoms with Crippen LogP contribution in [-0.2, 0) is 4.79 Å². The van der Waals surface area contributed by atoms with E-state index in [1.807, 2.05) is 67.6 Å². The summed E-state index contributed by atoms with van der Waals surface area (Å²) in [6, 6.07) is 24.0. The highest BCUT2D eigenvalue weighted by atomic mass is 16.5. The van der Waals surface area contributed by atoms with Crippen molar-refractivity contribution in [3.05, 3.63) is 95.7 Å². The van der Waals surface area contributed by atoms with Gasteiger partial charge in [0.1, 0.15) is 29.7 Å². The van der Waals surface area contributed by atoms with Crippen LogP contribution in [0.25, 0.3) is 11.0 Å². The number of amides is 1. The maximum Gasteiger partial charge on any atom is 0.305 e. The van der Waals surface area contributed by atoms with Gasteiger partial charge in [-0.1, -0.05) is 48.5 Å². The first-order valence-electron chi connectivity index (χ1n) is 11.0. The van der Waals surface area contributed by atoms with Crippen molar-refractivity contribution in [3.8, 4) is 5.75 Å². The van der Waals surface area contributed by atoms with Gasteiger partial charge in [0.2, 0.25) is 0 Å². The van der Waals surface area contributed by atoms with E-state index in [9.17, 15) is 9.59 Å². The summed E-state index contributed by atoms with van der Waals surface area (Å²) < 4.78 is 12.3. The molecule has 0 bridgehead atoms. The molecule has 7 heteroatoms. The highest BCUT2D eigenvalue weighted by molar-refractivity contribution is 5.99. The van der Waals surface area contributed by atoms with Crippen molar-refractivity contribution in [1.29, 1.82) is 0 Å². The number of hydrogen-bond donors (Lipinski definition) is 3. The second-order valence-corrected chi connectivity index (χ2v) is 7.85. The third kappa shape index (κ3) is 5.38. The van der Waals surface area contributed by atoms with Crippen LogP contribution in [0, 0.1) is 6.92 Å². The van der Waals surface area contributed by atoms with Gasteiger partial charge in [0.05, 0.1) is 12.0 Å².